The Hall–Kier alpha value is -3.76. The van der Waals surface area contributed by atoms with Crippen LogP contribution in [0.3, 0.4) is 0 Å². The molecule has 1 unspecified atom stereocenters. The van der Waals surface area contributed by atoms with Crippen molar-refractivity contribution >= 4 is 25.1 Å². The SMILES string of the molecule is C=P(C)(C)CC[C@H]1O[C@@H](n2cc(C(OC(=O)OCC3c4ccccc4-c4ccccc43)C(C)=O)c(=O)[nH]c2=O)[C@H](O)[C@@H]1O. The molecule has 1 aromatic heterocycles. The van der Waals surface area contributed by atoms with Crippen LogP contribution in [0.4, 0.5) is 4.79 Å². The number of carbonyl (C=O) groups excluding carboxylic acids is 2. The number of rotatable bonds is 9. The summed E-state index contributed by atoms with van der Waals surface area (Å²) in [5.41, 5.74) is 1.80. The van der Waals surface area contributed by atoms with Crippen LogP contribution in [0.15, 0.2) is 64.3 Å². The first-order chi connectivity index (χ1) is 20.4. The second kappa shape index (κ2) is 12.1. The fourth-order valence-corrected chi connectivity index (χ4v) is 6.59. The topological polar surface area (TPSA) is 157 Å². The number of ketones is 1. The molecule has 5 atom stereocenters. The molecule has 2 aliphatic rings. The first-order valence-electron chi connectivity index (χ1n) is 13.9. The van der Waals surface area contributed by atoms with Crippen molar-refractivity contribution in [3.05, 3.63) is 92.3 Å². The molecule has 1 aliphatic heterocycles. The van der Waals surface area contributed by atoms with Crippen LogP contribution in [0.2, 0.25) is 0 Å². The third kappa shape index (κ3) is 6.31. The number of aromatic amines is 1. The monoisotopic (exact) mass is 610 g/mol. The highest BCUT2D eigenvalue weighted by Gasteiger charge is 2.44. The molecule has 2 heterocycles. The molecule has 3 aromatic rings. The van der Waals surface area contributed by atoms with Gasteiger partial charge in [0, 0.05) is 12.1 Å². The van der Waals surface area contributed by atoms with Gasteiger partial charge in [-0.2, -0.15) is 0 Å². The summed E-state index contributed by atoms with van der Waals surface area (Å²) in [5.74, 6) is -0.950. The number of aromatic nitrogens is 2. The molecule has 5 rings (SSSR count). The lowest BCUT2D eigenvalue weighted by Gasteiger charge is -2.21. The summed E-state index contributed by atoms with van der Waals surface area (Å²) in [6.45, 7) is 3.66. The van der Waals surface area contributed by atoms with Gasteiger partial charge in [-0.25, -0.2) is 9.59 Å². The van der Waals surface area contributed by atoms with Crippen molar-refractivity contribution in [2.75, 3.05) is 26.1 Å². The van der Waals surface area contributed by atoms with Crippen molar-refractivity contribution < 1.29 is 34.0 Å². The van der Waals surface area contributed by atoms with E-state index in [0.29, 0.717) is 12.6 Å². The molecule has 2 aromatic carbocycles. The third-order valence-electron chi connectivity index (χ3n) is 7.82. The summed E-state index contributed by atoms with van der Waals surface area (Å²) < 4.78 is 17.5. The van der Waals surface area contributed by atoms with E-state index >= 15 is 0 Å². The van der Waals surface area contributed by atoms with Crippen molar-refractivity contribution in [1.29, 1.82) is 0 Å². The van der Waals surface area contributed by atoms with Gasteiger partial charge in [-0.15, -0.1) is 13.2 Å². The van der Waals surface area contributed by atoms with Crippen molar-refractivity contribution in [1.82, 2.24) is 9.55 Å². The Labute approximate surface area is 248 Å². The van der Waals surface area contributed by atoms with Crippen molar-refractivity contribution in [3.63, 3.8) is 0 Å². The number of nitrogens with one attached hydrogen (secondary N) is 1. The Morgan fingerprint density at radius 1 is 1.05 bits per heavy atom. The van der Waals surface area contributed by atoms with Gasteiger partial charge in [0.15, 0.2) is 18.1 Å². The molecule has 1 aliphatic carbocycles. The lowest BCUT2D eigenvalue weighted by molar-refractivity contribution is -0.127. The maximum absolute atomic E-state index is 12.8. The average Bonchev–Trinajstić information content (AvgIpc) is 3.43. The summed E-state index contributed by atoms with van der Waals surface area (Å²) in [5, 5.41) is 21.3. The smallest absolute Gasteiger partial charge is 0.433 e. The summed E-state index contributed by atoms with van der Waals surface area (Å²) in [7, 11) is 0. The fourth-order valence-electron chi connectivity index (χ4n) is 5.64. The molecule has 228 valence electrons. The van der Waals surface area contributed by atoms with Gasteiger partial charge in [0.1, 0.15) is 18.8 Å². The number of carbonyl (C=O) groups is 2. The number of benzene rings is 2. The highest BCUT2D eigenvalue weighted by molar-refractivity contribution is 7.72. The Bertz CT molecular complexity index is 1660. The molecular weight excluding hydrogens is 575 g/mol. The van der Waals surface area contributed by atoms with Crippen LogP contribution >= 0.6 is 6.89 Å². The number of fused-ring (bicyclic) bond motifs is 3. The molecule has 3 N–H and O–H groups in total. The highest BCUT2D eigenvalue weighted by atomic mass is 31.2. The van der Waals surface area contributed by atoms with Gasteiger partial charge in [0.25, 0.3) is 5.56 Å². The van der Waals surface area contributed by atoms with E-state index in [2.05, 4.69) is 11.3 Å². The molecule has 1 fully saturated rings. The number of aliphatic hydroxyl groups is 2. The van der Waals surface area contributed by atoms with E-state index in [4.69, 9.17) is 14.2 Å². The molecule has 0 spiro atoms. The van der Waals surface area contributed by atoms with Crippen LogP contribution in [0.5, 0.6) is 0 Å². The number of hydrogen-bond acceptors (Lipinski definition) is 9. The van der Waals surface area contributed by atoms with Gasteiger partial charge >= 0.3 is 11.8 Å². The van der Waals surface area contributed by atoms with Gasteiger partial charge in [0.05, 0.1) is 11.7 Å². The van der Waals surface area contributed by atoms with Crippen LogP contribution in [-0.4, -0.2) is 82.4 Å². The number of nitrogens with zero attached hydrogens (tertiary/aromatic N) is 1. The first kappa shape index (κ1) is 30.7. The number of hydrogen-bond donors (Lipinski definition) is 3. The lowest BCUT2D eigenvalue weighted by atomic mass is 9.98. The zero-order valence-corrected chi connectivity index (χ0v) is 25.0. The summed E-state index contributed by atoms with van der Waals surface area (Å²) in [6, 6.07) is 15.6. The van der Waals surface area contributed by atoms with E-state index in [1.54, 1.807) is 0 Å². The normalized spacial score (nSPS) is 22.1. The van der Waals surface area contributed by atoms with Crippen LogP contribution in [0.1, 0.15) is 48.3 Å². The minimum Gasteiger partial charge on any atom is -0.433 e. The lowest BCUT2D eigenvalue weighted by Crippen LogP contribution is -2.40. The Balaban J connectivity index is 1.34. The minimum absolute atomic E-state index is 0.0684. The van der Waals surface area contributed by atoms with Crippen molar-refractivity contribution in [2.24, 2.45) is 0 Å². The first-order valence-corrected chi connectivity index (χ1v) is 17.0. The van der Waals surface area contributed by atoms with E-state index in [-0.39, 0.29) is 18.1 Å². The van der Waals surface area contributed by atoms with Gasteiger partial charge in [-0.1, -0.05) is 48.5 Å². The second-order valence-electron chi connectivity index (χ2n) is 11.6. The molecule has 0 amide bonds. The van der Waals surface area contributed by atoms with E-state index in [1.807, 2.05) is 61.9 Å². The second-order valence-corrected chi connectivity index (χ2v) is 16.0. The Morgan fingerprint density at radius 2 is 1.65 bits per heavy atom. The van der Waals surface area contributed by atoms with Crippen LogP contribution in [0.25, 0.3) is 11.1 Å². The quantitative estimate of drug-likeness (QED) is 0.245. The number of H-pyrrole nitrogens is 1. The third-order valence-corrected chi connectivity index (χ3v) is 9.29. The predicted octanol–water partition coefficient (Wildman–Crippen LogP) is 2.85. The minimum atomic E-state index is -1.71. The zero-order chi connectivity index (χ0) is 31.1. The molecule has 0 saturated carbocycles. The van der Waals surface area contributed by atoms with Crippen molar-refractivity contribution in [2.45, 2.75) is 49.9 Å². The summed E-state index contributed by atoms with van der Waals surface area (Å²) in [6.07, 6.45) is -1.56. The van der Waals surface area contributed by atoms with Crippen LogP contribution < -0.4 is 11.2 Å². The molecule has 0 bridgehead atoms. The van der Waals surface area contributed by atoms with E-state index in [1.165, 1.54) is 0 Å². The fraction of sp³-hybridized carbons (Fsp3) is 0.387. The predicted molar refractivity (Wildman–Crippen MR) is 162 cm³/mol. The molecule has 11 nitrogen and oxygen atoms in total. The standard InChI is InChI=1S/C31H35N2O9P/c1-17(34)27(42-31(39)40-16-23-20-11-7-5-9-18(20)19-10-6-8-12-21(19)23)22-15-33(30(38)32-28(22)37)29-26(36)25(35)24(41-29)13-14-43(2,3)4/h5-12,15,23-27,29,35-36H,2,13-14,16H2,1,3-4H3,(H,32,37,38)/t24-,25-,26-,27?,29-/m1/s1. The van der Waals surface area contributed by atoms with E-state index < -0.39 is 60.7 Å². The molecule has 12 heteroatoms. The Morgan fingerprint density at radius 3 is 2.23 bits per heavy atom. The van der Waals surface area contributed by atoms with E-state index in [0.717, 1.165) is 39.9 Å². The highest BCUT2D eigenvalue weighted by Crippen LogP contribution is 2.44. The number of aliphatic hydroxyl groups excluding tert-OH is 2. The number of Topliss-reactive ketones (excluding diaryl/α,β-unsaturated/α-hetero) is 1. The van der Waals surface area contributed by atoms with Crippen LogP contribution in [-0.2, 0) is 19.0 Å². The molecular formula is C31H35N2O9P. The largest absolute Gasteiger partial charge is 0.509 e. The molecule has 43 heavy (non-hydrogen) atoms. The maximum Gasteiger partial charge on any atom is 0.509 e. The van der Waals surface area contributed by atoms with Crippen molar-refractivity contribution in [3.8, 4) is 11.1 Å². The number of ether oxygens (including phenoxy) is 3. The Kier molecular flexibility index (Phi) is 8.63. The van der Waals surface area contributed by atoms with Gasteiger partial charge in [-0.05, 0) is 55.1 Å². The summed E-state index contributed by atoms with van der Waals surface area (Å²) >= 11 is 0. The maximum atomic E-state index is 12.8. The average molecular weight is 611 g/mol. The van der Waals surface area contributed by atoms with Gasteiger partial charge < -0.3 is 24.4 Å². The zero-order valence-electron chi connectivity index (χ0n) is 24.1. The molecule has 1 saturated heterocycles. The molecule has 0 radical (unpaired) electrons. The van der Waals surface area contributed by atoms with E-state index in [9.17, 15) is 29.4 Å². The van der Waals surface area contributed by atoms with Gasteiger partial charge in [0.2, 0.25) is 0 Å². The summed E-state index contributed by atoms with van der Waals surface area (Å²) in [4.78, 5) is 53.0. The van der Waals surface area contributed by atoms with Crippen LogP contribution in [0, 0.1) is 0 Å². The van der Waals surface area contributed by atoms with Gasteiger partial charge in [-0.3, -0.25) is 19.1 Å².